The number of ether oxygens (including phenoxy) is 1. The normalized spacial score (nSPS) is 22.3. The Bertz CT molecular complexity index is 754. The van der Waals surface area contributed by atoms with Crippen LogP contribution in [0.2, 0.25) is 0 Å². The summed E-state index contributed by atoms with van der Waals surface area (Å²) in [6.45, 7) is 2.12. The molecular weight excluding hydrogens is 332 g/mol. The molecule has 138 valence electrons. The highest BCUT2D eigenvalue weighted by molar-refractivity contribution is 5.92. The number of aryl methyl sites for hydroxylation is 1. The molecule has 0 unspecified atom stereocenters. The Morgan fingerprint density at radius 3 is 2.77 bits per heavy atom. The number of aromatic nitrogens is 4. The van der Waals surface area contributed by atoms with E-state index < -0.39 is 0 Å². The standard InChI is InChI=1S/C18H24N6O2/c1-23-9-3-15(22-23)16(25)24-10-5-18(6-11-24)13-14(4-12-26-18)21-17-19-7-2-8-20-17/h2-3,7-9,14H,4-6,10-13H2,1H3,(H,19,20,21)/t14-/m1/s1. The average molecular weight is 356 g/mol. The van der Waals surface area contributed by atoms with Gasteiger partial charge in [-0.25, -0.2) is 9.97 Å². The number of nitrogens with one attached hydrogen (secondary N) is 1. The summed E-state index contributed by atoms with van der Waals surface area (Å²) in [6, 6.07) is 3.87. The van der Waals surface area contributed by atoms with E-state index in [0.717, 1.165) is 32.3 Å². The van der Waals surface area contributed by atoms with Crippen LogP contribution in [0.5, 0.6) is 0 Å². The smallest absolute Gasteiger partial charge is 0.274 e. The van der Waals surface area contributed by atoms with Crippen molar-refractivity contribution < 1.29 is 9.53 Å². The Balaban J connectivity index is 1.36. The molecule has 2 aromatic heterocycles. The summed E-state index contributed by atoms with van der Waals surface area (Å²) in [4.78, 5) is 23.0. The van der Waals surface area contributed by atoms with Gasteiger partial charge in [0.2, 0.25) is 5.95 Å². The van der Waals surface area contributed by atoms with Crippen molar-refractivity contribution in [2.45, 2.75) is 37.3 Å². The predicted molar refractivity (Wildman–Crippen MR) is 95.7 cm³/mol. The van der Waals surface area contributed by atoms with Gasteiger partial charge in [-0.1, -0.05) is 0 Å². The summed E-state index contributed by atoms with van der Waals surface area (Å²) < 4.78 is 7.83. The van der Waals surface area contributed by atoms with Crippen molar-refractivity contribution in [3.05, 3.63) is 36.4 Å². The van der Waals surface area contributed by atoms with Crippen LogP contribution in [-0.4, -0.2) is 61.9 Å². The monoisotopic (exact) mass is 356 g/mol. The topological polar surface area (TPSA) is 85.2 Å². The van der Waals surface area contributed by atoms with Crippen molar-refractivity contribution in [2.24, 2.45) is 7.05 Å². The molecule has 4 rings (SSSR count). The first kappa shape index (κ1) is 17.0. The van der Waals surface area contributed by atoms with Gasteiger partial charge < -0.3 is 15.0 Å². The van der Waals surface area contributed by atoms with Gasteiger partial charge in [0.1, 0.15) is 5.69 Å². The van der Waals surface area contributed by atoms with E-state index in [1.807, 2.05) is 18.0 Å². The van der Waals surface area contributed by atoms with Gasteiger partial charge in [-0.3, -0.25) is 9.48 Å². The van der Waals surface area contributed by atoms with Crippen molar-refractivity contribution >= 4 is 11.9 Å². The summed E-state index contributed by atoms with van der Waals surface area (Å²) in [6.07, 6.45) is 8.83. The van der Waals surface area contributed by atoms with Crippen LogP contribution >= 0.6 is 0 Å². The van der Waals surface area contributed by atoms with Crippen LogP contribution in [0.25, 0.3) is 0 Å². The van der Waals surface area contributed by atoms with E-state index >= 15 is 0 Å². The molecule has 1 spiro atoms. The zero-order valence-corrected chi connectivity index (χ0v) is 15.0. The van der Waals surface area contributed by atoms with Crippen molar-refractivity contribution in [1.82, 2.24) is 24.6 Å². The molecule has 0 aromatic carbocycles. The summed E-state index contributed by atoms with van der Waals surface area (Å²) in [5, 5.41) is 7.64. The van der Waals surface area contributed by atoms with Crippen LogP contribution in [0.15, 0.2) is 30.7 Å². The van der Waals surface area contributed by atoms with Crippen LogP contribution in [0, 0.1) is 0 Å². The van der Waals surface area contributed by atoms with E-state index in [-0.39, 0.29) is 11.5 Å². The molecule has 1 amide bonds. The van der Waals surface area contributed by atoms with E-state index in [1.165, 1.54) is 0 Å². The minimum Gasteiger partial charge on any atom is -0.375 e. The number of rotatable bonds is 3. The molecule has 0 bridgehead atoms. The first-order valence-electron chi connectivity index (χ1n) is 9.10. The molecule has 2 fully saturated rings. The van der Waals surface area contributed by atoms with Crippen molar-refractivity contribution in [3.63, 3.8) is 0 Å². The van der Waals surface area contributed by atoms with Crippen LogP contribution in [0.4, 0.5) is 5.95 Å². The molecule has 4 heterocycles. The Morgan fingerprint density at radius 1 is 1.31 bits per heavy atom. The van der Waals surface area contributed by atoms with E-state index in [0.29, 0.717) is 30.8 Å². The van der Waals surface area contributed by atoms with Crippen molar-refractivity contribution in [1.29, 1.82) is 0 Å². The summed E-state index contributed by atoms with van der Waals surface area (Å²) in [5.41, 5.74) is 0.347. The van der Waals surface area contributed by atoms with Crippen molar-refractivity contribution in [3.8, 4) is 0 Å². The van der Waals surface area contributed by atoms with Gasteiger partial charge in [0.15, 0.2) is 0 Å². The zero-order valence-electron chi connectivity index (χ0n) is 15.0. The summed E-state index contributed by atoms with van der Waals surface area (Å²) >= 11 is 0. The molecule has 2 aliphatic rings. The van der Waals surface area contributed by atoms with Gasteiger partial charge >= 0.3 is 0 Å². The van der Waals surface area contributed by atoms with Gasteiger partial charge in [-0.15, -0.1) is 0 Å². The number of likely N-dealkylation sites (tertiary alicyclic amines) is 1. The highest BCUT2D eigenvalue weighted by Crippen LogP contribution is 2.36. The molecular formula is C18H24N6O2. The predicted octanol–water partition coefficient (Wildman–Crippen LogP) is 1.48. The van der Waals surface area contributed by atoms with E-state index in [2.05, 4.69) is 20.4 Å². The van der Waals surface area contributed by atoms with Gasteiger partial charge in [-0.05, 0) is 37.8 Å². The molecule has 26 heavy (non-hydrogen) atoms. The number of carbonyl (C=O) groups is 1. The van der Waals surface area contributed by atoms with Gasteiger partial charge in [0, 0.05) is 51.4 Å². The Kier molecular flexibility index (Phi) is 4.58. The van der Waals surface area contributed by atoms with E-state index in [9.17, 15) is 4.79 Å². The highest BCUT2D eigenvalue weighted by Gasteiger charge is 2.41. The number of hydrogen-bond acceptors (Lipinski definition) is 6. The number of amides is 1. The number of piperidine rings is 1. The average Bonchev–Trinajstić information content (AvgIpc) is 3.09. The summed E-state index contributed by atoms with van der Waals surface area (Å²) in [7, 11) is 1.82. The highest BCUT2D eigenvalue weighted by atomic mass is 16.5. The van der Waals surface area contributed by atoms with Crippen LogP contribution in [0.1, 0.15) is 36.2 Å². The maximum atomic E-state index is 12.6. The molecule has 0 radical (unpaired) electrons. The lowest BCUT2D eigenvalue weighted by molar-refractivity contribution is -0.110. The lowest BCUT2D eigenvalue weighted by Gasteiger charge is -2.46. The Hall–Kier alpha value is -2.48. The van der Waals surface area contributed by atoms with Crippen molar-refractivity contribution in [2.75, 3.05) is 25.0 Å². The number of anilines is 1. The lowest BCUT2D eigenvalue weighted by atomic mass is 9.82. The van der Waals surface area contributed by atoms with Gasteiger partial charge in [0.05, 0.1) is 5.60 Å². The summed E-state index contributed by atoms with van der Waals surface area (Å²) in [5.74, 6) is 0.668. The van der Waals surface area contributed by atoms with Crippen LogP contribution < -0.4 is 5.32 Å². The number of hydrogen-bond donors (Lipinski definition) is 1. The molecule has 8 nitrogen and oxygen atoms in total. The molecule has 2 aliphatic heterocycles. The lowest BCUT2D eigenvalue weighted by Crippen LogP contribution is -2.52. The molecule has 2 saturated heterocycles. The second-order valence-electron chi connectivity index (χ2n) is 7.10. The third kappa shape index (κ3) is 3.55. The molecule has 1 N–H and O–H groups in total. The second kappa shape index (κ2) is 7.03. The third-order valence-electron chi connectivity index (χ3n) is 5.29. The van der Waals surface area contributed by atoms with Crippen LogP contribution in [-0.2, 0) is 11.8 Å². The minimum atomic E-state index is -0.161. The fourth-order valence-electron chi connectivity index (χ4n) is 3.86. The van der Waals surface area contributed by atoms with Gasteiger partial charge in [-0.2, -0.15) is 5.10 Å². The first-order chi connectivity index (χ1) is 12.6. The number of carbonyl (C=O) groups excluding carboxylic acids is 1. The number of nitrogens with zero attached hydrogens (tertiary/aromatic N) is 5. The van der Waals surface area contributed by atoms with E-state index in [4.69, 9.17) is 4.74 Å². The third-order valence-corrected chi connectivity index (χ3v) is 5.29. The van der Waals surface area contributed by atoms with E-state index in [1.54, 1.807) is 29.3 Å². The van der Waals surface area contributed by atoms with Gasteiger partial charge in [0.25, 0.3) is 5.91 Å². The maximum absolute atomic E-state index is 12.6. The Morgan fingerprint density at radius 2 is 2.08 bits per heavy atom. The minimum absolute atomic E-state index is 0.00335. The largest absolute Gasteiger partial charge is 0.375 e. The Labute approximate surface area is 152 Å². The van der Waals surface area contributed by atoms with Crippen LogP contribution in [0.3, 0.4) is 0 Å². The first-order valence-corrected chi connectivity index (χ1v) is 9.10. The molecule has 2 aromatic rings. The SMILES string of the molecule is Cn1ccc(C(=O)N2CCC3(CC2)C[C@H](Nc2ncccn2)CCO3)n1. The molecule has 0 aliphatic carbocycles. The zero-order chi connectivity index (χ0) is 18.0. The fraction of sp³-hybridized carbons (Fsp3) is 0.556. The quantitative estimate of drug-likeness (QED) is 0.897. The fourth-order valence-corrected chi connectivity index (χ4v) is 3.86. The molecule has 0 saturated carbocycles. The second-order valence-corrected chi connectivity index (χ2v) is 7.10. The molecule has 8 heteroatoms. The maximum Gasteiger partial charge on any atom is 0.274 e. The molecule has 1 atom stereocenters.